The summed E-state index contributed by atoms with van der Waals surface area (Å²) in [7, 11) is 3.86. The highest BCUT2D eigenvalue weighted by molar-refractivity contribution is 7.99. The lowest BCUT2D eigenvalue weighted by Gasteiger charge is -2.30. The molecule has 3 heteroatoms. The lowest BCUT2D eigenvalue weighted by Crippen LogP contribution is -2.45. The summed E-state index contributed by atoms with van der Waals surface area (Å²) in [4.78, 5) is 16.8. The molecule has 0 aromatic heterocycles. The predicted molar refractivity (Wildman–Crippen MR) is 89.1 cm³/mol. The van der Waals surface area contributed by atoms with Crippen LogP contribution in [0, 0.1) is 0 Å². The van der Waals surface area contributed by atoms with E-state index in [0.717, 1.165) is 10.5 Å². The summed E-state index contributed by atoms with van der Waals surface area (Å²) in [6.07, 6.45) is 0. The fraction of sp³-hybridized carbons (Fsp3) is 0.278. The third kappa shape index (κ3) is 3.74. The number of nitrogens with zero attached hydrogens (tertiary/aromatic N) is 1. The predicted octanol–water partition coefficient (Wildman–Crippen LogP) is 4.36. The average Bonchev–Trinajstić information content (AvgIpc) is 2.48. The van der Waals surface area contributed by atoms with Crippen LogP contribution in [0.25, 0.3) is 0 Å². The van der Waals surface area contributed by atoms with E-state index in [0.29, 0.717) is 0 Å². The standard InChI is InChI=1S/C18H21NOS/c1-18(2,19(3)4)17(20)14-10-12-16(13-11-14)21-15-8-6-5-7-9-15/h5-13H,1-4H3. The molecule has 2 nitrogen and oxygen atoms in total. The van der Waals surface area contributed by atoms with Gasteiger partial charge in [0.1, 0.15) is 0 Å². The Bertz CT molecular complexity index is 603. The van der Waals surface area contributed by atoms with Crippen molar-refractivity contribution in [3.8, 4) is 0 Å². The molecule has 0 unspecified atom stereocenters. The maximum Gasteiger partial charge on any atom is 0.182 e. The molecule has 0 bridgehead atoms. The second-order valence-electron chi connectivity index (χ2n) is 5.72. The molecule has 0 aliphatic rings. The first-order valence-electron chi connectivity index (χ1n) is 6.96. The number of Topliss-reactive ketones (excluding diaryl/α,β-unsaturated/α-hetero) is 1. The molecule has 0 N–H and O–H groups in total. The number of benzene rings is 2. The number of carbonyl (C=O) groups excluding carboxylic acids is 1. The van der Waals surface area contributed by atoms with Gasteiger partial charge in [0.2, 0.25) is 0 Å². The lowest BCUT2D eigenvalue weighted by atomic mass is 9.92. The largest absolute Gasteiger partial charge is 0.297 e. The van der Waals surface area contributed by atoms with Crippen molar-refractivity contribution in [2.45, 2.75) is 29.2 Å². The van der Waals surface area contributed by atoms with Crippen LogP contribution in [0.1, 0.15) is 24.2 Å². The third-order valence-corrected chi connectivity index (χ3v) is 4.78. The molecule has 0 amide bonds. The van der Waals surface area contributed by atoms with Gasteiger partial charge >= 0.3 is 0 Å². The van der Waals surface area contributed by atoms with E-state index in [1.807, 2.05) is 75.3 Å². The highest BCUT2D eigenvalue weighted by Crippen LogP contribution is 2.28. The first-order valence-corrected chi connectivity index (χ1v) is 7.78. The number of carbonyl (C=O) groups is 1. The second kappa shape index (κ2) is 6.46. The summed E-state index contributed by atoms with van der Waals surface area (Å²) in [5, 5.41) is 0. The quantitative estimate of drug-likeness (QED) is 0.765. The summed E-state index contributed by atoms with van der Waals surface area (Å²) in [5.41, 5.74) is 0.264. The topological polar surface area (TPSA) is 20.3 Å². The zero-order valence-corrected chi connectivity index (χ0v) is 13.8. The van der Waals surface area contributed by atoms with E-state index in [1.54, 1.807) is 11.8 Å². The van der Waals surface area contributed by atoms with Crippen LogP contribution in [0.4, 0.5) is 0 Å². The Labute approximate surface area is 131 Å². The number of likely N-dealkylation sites (N-methyl/N-ethyl adjacent to an activating group) is 1. The van der Waals surface area contributed by atoms with Crippen molar-refractivity contribution in [2.24, 2.45) is 0 Å². The van der Waals surface area contributed by atoms with Crippen LogP contribution < -0.4 is 0 Å². The summed E-state index contributed by atoms with van der Waals surface area (Å²) in [5.74, 6) is 0.142. The minimum Gasteiger partial charge on any atom is -0.297 e. The monoisotopic (exact) mass is 299 g/mol. The first kappa shape index (κ1) is 15.8. The Hall–Kier alpha value is -1.58. The number of hydrogen-bond acceptors (Lipinski definition) is 3. The van der Waals surface area contributed by atoms with Crippen LogP contribution in [0.5, 0.6) is 0 Å². The van der Waals surface area contributed by atoms with Crippen molar-refractivity contribution in [1.29, 1.82) is 0 Å². The van der Waals surface area contributed by atoms with Gasteiger partial charge < -0.3 is 0 Å². The second-order valence-corrected chi connectivity index (χ2v) is 6.87. The highest BCUT2D eigenvalue weighted by atomic mass is 32.2. The Balaban J connectivity index is 2.14. The molecule has 2 aromatic carbocycles. The number of rotatable bonds is 5. The van der Waals surface area contributed by atoms with Crippen LogP contribution in [0.15, 0.2) is 64.4 Å². The van der Waals surface area contributed by atoms with Gasteiger partial charge in [-0.2, -0.15) is 0 Å². The van der Waals surface area contributed by atoms with Crippen molar-refractivity contribution < 1.29 is 4.79 Å². The summed E-state index contributed by atoms with van der Waals surface area (Å²) in [6.45, 7) is 3.89. The van der Waals surface area contributed by atoms with E-state index in [1.165, 1.54) is 4.90 Å². The fourth-order valence-corrected chi connectivity index (χ4v) is 2.69. The molecule has 21 heavy (non-hydrogen) atoms. The smallest absolute Gasteiger partial charge is 0.182 e. The van der Waals surface area contributed by atoms with Crippen LogP contribution >= 0.6 is 11.8 Å². The van der Waals surface area contributed by atoms with E-state index in [-0.39, 0.29) is 5.78 Å². The molecule has 0 heterocycles. The summed E-state index contributed by atoms with van der Waals surface area (Å²) >= 11 is 1.70. The van der Waals surface area contributed by atoms with Gasteiger partial charge in [0.25, 0.3) is 0 Å². The van der Waals surface area contributed by atoms with E-state index >= 15 is 0 Å². The van der Waals surface area contributed by atoms with E-state index in [4.69, 9.17) is 0 Å². The molecule has 2 rings (SSSR count). The van der Waals surface area contributed by atoms with Crippen molar-refractivity contribution >= 4 is 17.5 Å². The van der Waals surface area contributed by atoms with Crippen LogP contribution in [-0.4, -0.2) is 30.3 Å². The molecule has 0 saturated carbocycles. The Morgan fingerprint density at radius 3 is 1.95 bits per heavy atom. The van der Waals surface area contributed by atoms with Gasteiger partial charge in [0.15, 0.2) is 5.78 Å². The molecule has 0 aliphatic heterocycles. The van der Waals surface area contributed by atoms with Gasteiger partial charge in [-0.15, -0.1) is 0 Å². The van der Waals surface area contributed by atoms with E-state index < -0.39 is 5.54 Å². The van der Waals surface area contributed by atoms with Gasteiger partial charge in [0, 0.05) is 15.4 Å². The molecular weight excluding hydrogens is 278 g/mol. The van der Waals surface area contributed by atoms with Crippen LogP contribution in [-0.2, 0) is 0 Å². The van der Waals surface area contributed by atoms with Crippen LogP contribution in [0.2, 0.25) is 0 Å². The molecular formula is C18H21NOS. The highest BCUT2D eigenvalue weighted by Gasteiger charge is 2.30. The van der Waals surface area contributed by atoms with Gasteiger partial charge in [-0.25, -0.2) is 0 Å². The molecule has 2 aromatic rings. The van der Waals surface area contributed by atoms with Crippen molar-refractivity contribution in [3.05, 3.63) is 60.2 Å². The number of hydrogen-bond donors (Lipinski definition) is 0. The normalized spacial score (nSPS) is 11.7. The molecule has 0 atom stereocenters. The SMILES string of the molecule is CN(C)C(C)(C)C(=O)c1ccc(Sc2ccccc2)cc1. The maximum atomic E-state index is 12.5. The van der Waals surface area contributed by atoms with E-state index in [9.17, 15) is 4.79 Å². The van der Waals surface area contributed by atoms with Gasteiger partial charge in [-0.3, -0.25) is 9.69 Å². The third-order valence-electron chi connectivity index (χ3n) is 3.77. The molecule has 0 radical (unpaired) electrons. The van der Waals surface area contributed by atoms with Crippen molar-refractivity contribution in [3.63, 3.8) is 0 Å². The minimum atomic E-state index is -0.492. The van der Waals surface area contributed by atoms with Crippen molar-refractivity contribution in [2.75, 3.05) is 14.1 Å². The molecule has 0 fully saturated rings. The van der Waals surface area contributed by atoms with E-state index in [2.05, 4.69) is 12.1 Å². The maximum absolute atomic E-state index is 12.5. The zero-order chi connectivity index (χ0) is 15.5. The van der Waals surface area contributed by atoms with Gasteiger partial charge in [-0.05, 0) is 52.2 Å². The Morgan fingerprint density at radius 1 is 0.905 bits per heavy atom. The average molecular weight is 299 g/mol. The first-order chi connectivity index (χ1) is 9.91. The number of ketones is 1. The zero-order valence-electron chi connectivity index (χ0n) is 13.0. The van der Waals surface area contributed by atoms with Crippen LogP contribution in [0.3, 0.4) is 0 Å². The fourth-order valence-electron chi connectivity index (χ4n) is 1.86. The molecule has 0 spiro atoms. The molecule has 0 aliphatic carbocycles. The van der Waals surface area contributed by atoms with Crippen molar-refractivity contribution in [1.82, 2.24) is 4.90 Å². The lowest BCUT2D eigenvalue weighted by molar-refractivity contribution is 0.0755. The summed E-state index contributed by atoms with van der Waals surface area (Å²) < 4.78 is 0. The van der Waals surface area contributed by atoms with Gasteiger partial charge in [-0.1, -0.05) is 42.1 Å². The Kier molecular flexibility index (Phi) is 4.86. The minimum absolute atomic E-state index is 0.142. The van der Waals surface area contributed by atoms with Gasteiger partial charge in [0.05, 0.1) is 5.54 Å². The summed E-state index contributed by atoms with van der Waals surface area (Å²) in [6, 6.07) is 18.1. The Morgan fingerprint density at radius 2 is 1.43 bits per heavy atom. The molecule has 0 saturated heterocycles. The molecule has 110 valence electrons.